The molecule has 0 aliphatic rings. The van der Waals surface area contributed by atoms with Crippen molar-refractivity contribution in [3.05, 3.63) is 29.8 Å². The molecule has 0 amide bonds. The van der Waals surface area contributed by atoms with Gasteiger partial charge in [-0.1, -0.05) is 82.9 Å². The lowest BCUT2D eigenvalue weighted by Gasteiger charge is -2.07. The lowest BCUT2D eigenvalue weighted by Crippen LogP contribution is -2.01. The molecule has 0 unspecified atom stereocenters. The van der Waals surface area contributed by atoms with Crippen LogP contribution >= 0.6 is 11.8 Å². The van der Waals surface area contributed by atoms with E-state index in [1.165, 1.54) is 64.2 Å². The first-order chi connectivity index (χ1) is 11.2. The highest BCUT2D eigenvalue weighted by Gasteiger charge is 2.06. The standard InChI is InChI=1S/C20H32O2S/c1-2-3-4-5-6-7-8-9-10-13-16-23-19-15-12-11-14-18(19)17-20(21)22/h11-12,14-15H,2-10,13,16-17H2,1H3,(H,21,22). The lowest BCUT2D eigenvalue weighted by atomic mass is 10.1. The minimum Gasteiger partial charge on any atom is -0.481 e. The van der Waals surface area contributed by atoms with Gasteiger partial charge in [-0.2, -0.15) is 0 Å². The van der Waals surface area contributed by atoms with Gasteiger partial charge in [-0.3, -0.25) is 4.79 Å². The number of carboxylic acids is 1. The Kier molecular flexibility index (Phi) is 11.8. The Hall–Kier alpha value is -0.960. The van der Waals surface area contributed by atoms with Crippen LogP contribution in [0.4, 0.5) is 0 Å². The van der Waals surface area contributed by atoms with Crippen LogP contribution in [0.3, 0.4) is 0 Å². The summed E-state index contributed by atoms with van der Waals surface area (Å²) in [5.74, 6) is 0.338. The first kappa shape index (κ1) is 20.1. The van der Waals surface area contributed by atoms with E-state index < -0.39 is 5.97 Å². The van der Waals surface area contributed by atoms with Gasteiger partial charge in [0.15, 0.2) is 0 Å². The molecular formula is C20H32O2S. The maximum Gasteiger partial charge on any atom is 0.307 e. The van der Waals surface area contributed by atoms with Crippen LogP contribution in [0.1, 0.15) is 76.7 Å². The highest BCUT2D eigenvalue weighted by molar-refractivity contribution is 7.99. The van der Waals surface area contributed by atoms with Gasteiger partial charge in [0.2, 0.25) is 0 Å². The molecule has 3 heteroatoms. The number of rotatable bonds is 14. The fraction of sp³-hybridized carbons (Fsp3) is 0.650. The summed E-state index contributed by atoms with van der Waals surface area (Å²) >= 11 is 1.80. The predicted octanol–water partition coefficient (Wildman–Crippen LogP) is 6.33. The van der Waals surface area contributed by atoms with Crippen molar-refractivity contribution in [3.63, 3.8) is 0 Å². The Morgan fingerprint density at radius 2 is 1.48 bits per heavy atom. The molecule has 0 aliphatic heterocycles. The zero-order chi connectivity index (χ0) is 16.8. The number of carboxylic acid groups (broad SMARTS) is 1. The summed E-state index contributed by atoms with van der Waals surface area (Å²) in [6.07, 6.45) is 13.7. The van der Waals surface area contributed by atoms with Gasteiger partial charge in [0, 0.05) is 4.90 Å². The van der Waals surface area contributed by atoms with Crippen LogP contribution in [0.5, 0.6) is 0 Å². The highest BCUT2D eigenvalue weighted by atomic mass is 32.2. The molecule has 2 nitrogen and oxygen atoms in total. The number of hydrogen-bond donors (Lipinski definition) is 1. The Labute approximate surface area is 146 Å². The quantitative estimate of drug-likeness (QED) is 0.319. The van der Waals surface area contributed by atoms with Gasteiger partial charge in [0.1, 0.15) is 0 Å². The summed E-state index contributed by atoms with van der Waals surface area (Å²) in [7, 11) is 0. The van der Waals surface area contributed by atoms with Crippen LogP contribution in [0, 0.1) is 0 Å². The van der Waals surface area contributed by atoms with Gasteiger partial charge in [-0.25, -0.2) is 0 Å². The number of benzene rings is 1. The second-order valence-corrected chi connectivity index (χ2v) is 7.35. The largest absolute Gasteiger partial charge is 0.481 e. The second-order valence-electron chi connectivity index (χ2n) is 6.21. The van der Waals surface area contributed by atoms with Gasteiger partial charge < -0.3 is 5.11 Å². The van der Waals surface area contributed by atoms with Crippen molar-refractivity contribution in [2.24, 2.45) is 0 Å². The van der Waals surface area contributed by atoms with Crippen LogP contribution in [0.15, 0.2) is 29.2 Å². The van der Waals surface area contributed by atoms with E-state index in [2.05, 4.69) is 6.92 Å². The van der Waals surface area contributed by atoms with E-state index in [-0.39, 0.29) is 6.42 Å². The maximum absolute atomic E-state index is 10.9. The van der Waals surface area contributed by atoms with E-state index in [9.17, 15) is 4.79 Å². The summed E-state index contributed by atoms with van der Waals surface area (Å²) in [5, 5.41) is 8.94. The number of hydrogen-bond acceptors (Lipinski definition) is 2. The number of unbranched alkanes of at least 4 members (excludes halogenated alkanes) is 9. The van der Waals surface area contributed by atoms with Crippen LogP contribution in [0.25, 0.3) is 0 Å². The fourth-order valence-corrected chi connectivity index (χ4v) is 3.79. The second kappa shape index (κ2) is 13.5. The third-order valence-electron chi connectivity index (χ3n) is 4.07. The molecule has 0 aromatic heterocycles. The normalized spacial score (nSPS) is 10.8. The van der Waals surface area contributed by atoms with Gasteiger partial charge in [0.25, 0.3) is 0 Å². The van der Waals surface area contributed by atoms with Crippen LogP contribution in [-0.2, 0) is 11.2 Å². The van der Waals surface area contributed by atoms with Crippen molar-refractivity contribution in [1.82, 2.24) is 0 Å². The molecular weight excluding hydrogens is 304 g/mol. The predicted molar refractivity (Wildman–Crippen MR) is 100 cm³/mol. The minimum atomic E-state index is -0.753. The van der Waals surface area contributed by atoms with Crippen molar-refractivity contribution in [2.45, 2.75) is 82.4 Å². The molecule has 0 radical (unpaired) electrons. The topological polar surface area (TPSA) is 37.3 Å². The molecule has 1 aromatic carbocycles. The third-order valence-corrected chi connectivity index (χ3v) is 5.27. The average Bonchev–Trinajstić information content (AvgIpc) is 2.53. The van der Waals surface area contributed by atoms with Gasteiger partial charge in [-0.15, -0.1) is 11.8 Å². The Balaban J connectivity index is 2.04. The van der Waals surface area contributed by atoms with Crippen molar-refractivity contribution in [2.75, 3.05) is 5.75 Å². The SMILES string of the molecule is CCCCCCCCCCCCSc1ccccc1CC(=O)O. The van der Waals surface area contributed by atoms with Crippen LogP contribution < -0.4 is 0 Å². The van der Waals surface area contributed by atoms with E-state index >= 15 is 0 Å². The molecule has 0 spiro atoms. The van der Waals surface area contributed by atoms with E-state index in [1.54, 1.807) is 11.8 Å². The van der Waals surface area contributed by atoms with E-state index in [0.717, 1.165) is 16.2 Å². The Morgan fingerprint density at radius 3 is 2.09 bits per heavy atom. The molecule has 0 atom stereocenters. The fourth-order valence-electron chi connectivity index (χ4n) is 2.73. The Morgan fingerprint density at radius 1 is 0.913 bits per heavy atom. The molecule has 0 saturated heterocycles. The zero-order valence-corrected chi connectivity index (χ0v) is 15.4. The number of carbonyl (C=O) groups is 1. The van der Waals surface area contributed by atoms with Gasteiger partial charge in [-0.05, 0) is 23.8 Å². The summed E-state index contributed by atoms with van der Waals surface area (Å²) in [6.45, 7) is 2.26. The molecule has 1 aromatic rings. The van der Waals surface area contributed by atoms with E-state index in [4.69, 9.17) is 5.11 Å². The van der Waals surface area contributed by atoms with Crippen molar-refractivity contribution < 1.29 is 9.90 Å². The first-order valence-corrected chi connectivity index (χ1v) is 10.1. The molecule has 130 valence electrons. The highest BCUT2D eigenvalue weighted by Crippen LogP contribution is 2.24. The number of thioether (sulfide) groups is 1. The molecule has 0 saturated carbocycles. The molecule has 0 fully saturated rings. The first-order valence-electron chi connectivity index (χ1n) is 9.16. The van der Waals surface area contributed by atoms with Gasteiger partial charge in [0.05, 0.1) is 6.42 Å². The maximum atomic E-state index is 10.9. The van der Waals surface area contributed by atoms with Crippen molar-refractivity contribution in [1.29, 1.82) is 0 Å². The molecule has 1 rings (SSSR count). The smallest absolute Gasteiger partial charge is 0.307 e. The molecule has 0 bridgehead atoms. The number of aliphatic carboxylic acids is 1. The zero-order valence-electron chi connectivity index (χ0n) is 14.6. The molecule has 1 N–H and O–H groups in total. The minimum absolute atomic E-state index is 0.126. The summed E-state index contributed by atoms with van der Waals surface area (Å²) < 4.78 is 0. The van der Waals surface area contributed by atoms with Crippen molar-refractivity contribution in [3.8, 4) is 0 Å². The third kappa shape index (κ3) is 10.4. The monoisotopic (exact) mass is 336 g/mol. The summed E-state index contributed by atoms with van der Waals surface area (Å²) in [4.78, 5) is 12.0. The van der Waals surface area contributed by atoms with Crippen LogP contribution in [-0.4, -0.2) is 16.8 Å². The molecule has 0 heterocycles. The van der Waals surface area contributed by atoms with Crippen LogP contribution in [0.2, 0.25) is 0 Å². The average molecular weight is 337 g/mol. The van der Waals surface area contributed by atoms with E-state index in [0.29, 0.717) is 0 Å². The van der Waals surface area contributed by atoms with E-state index in [1.807, 2.05) is 24.3 Å². The van der Waals surface area contributed by atoms with Crippen molar-refractivity contribution >= 4 is 17.7 Å². The lowest BCUT2D eigenvalue weighted by molar-refractivity contribution is -0.136. The molecule has 23 heavy (non-hydrogen) atoms. The Bertz CT molecular complexity index is 431. The molecule has 0 aliphatic carbocycles. The summed E-state index contributed by atoms with van der Waals surface area (Å²) in [6, 6.07) is 7.88. The van der Waals surface area contributed by atoms with Gasteiger partial charge >= 0.3 is 5.97 Å². The summed E-state index contributed by atoms with van der Waals surface area (Å²) in [5.41, 5.74) is 0.942.